The number of benzene rings is 1. The molecule has 16 heavy (non-hydrogen) atoms. The van der Waals surface area contributed by atoms with E-state index in [4.69, 9.17) is 28.9 Å². The normalized spacial score (nSPS) is 12.8. The molecule has 0 bridgehead atoms. The quantitative estimate of drug-likeness (QED) is 0.872. The van der Waals surface area contributed by atoms with Gasteiger partial charge in [0.15, 0.2) is 0 Å². The van der Waals surface area contributed by atoms with Crippen molar-refractivity contribution in [1.29, 1.82) is 0 Å². The number of nitrogens with two attached hydrogens (primary N) is 1. The minimum Gasteiger partial charge on any atom is -0.319 e. The van der Waals surface area contributed by atoms with E-state index >= 15 is 0 Å². The third-order valence-electron chi connectivity index (χ3n) is 2.22. The number of thiophene rings is 1. The summed E-state index contributed by atoms with van der Waals surface area (Å²) in [5, 5.41) is 2.74. The molecule has 84 valence electrons. The van der Waals surface area contributed by atoms with Crippen molar-refractivity contribution in [2.45, 2.75) is 6.04 Å². The van der Waals surface area contributed by atoms with Crippen molar-refractivity contribution in [2.75, 3.05) is 0 Å². The van der Waals surface area contributed by atoms with Crippen LogP contribution in [0.5, 0.6) is 0 Å². The monoisotopic (exact) mass is 275 g/mol. The molecule has 0 aliphatic rings. The van der Waals surface area contributed by atoms with Crippen LogP contribution in [0.3, 0.4) is 0 Å². The van der Waals surface area contributed by atoms with Crippen LogP contribution < -0.4 is 5.73 Å². The fourth-order valence-electron chi connectivity index (χ4n) is 1.42. The van der Waals surface area contributed by atoms with Crippen LogP contribution >= 0.6 is 34.5 Å². The largest absolute Gasteiger partial charge is 0.319 e. The Morgan fingerprint density at radius 1 is 1.25 bits per heavy atom. The summed E-state index contributed by atoms with van der Waals surface area (Å²) in [6.07, 6.45) is 0. The van der Waals surface area contributed by atoms with E-state index in [2.05, 4.69) is 0 Å². The Hall–Kier alpha value is -0.610. The molecule has 0 saturated heterocycles. The van der Waals surface area contributed by atoms with Gasteiger partial charge in [-0.25, -0.2) is 4.39 Å². The Bertz CT molecular complexity index is 512. The Labute approximate surface area is 107 Å². The summed E-state index contributed by atoms with van der Waals surface area (Å²) >= 11 is 13.0. The minimum absolute atomic E-state index is 0.353. The van der Waals surface area contributed by atoms with Crippen molar-refractivity contribution in [3.8, 4) is 0 Å². The van der Waals surface area contributed by atoms with Gasteiger partial charge in [0.1, 0.15) is 5.82 Å². The molecular formula is C11H8Cl2FNS. The van der Waals surface area contributed by atoms with Crippen LogP contribution in [0.1, 0.15) is 16.5 Å². The average Bonchev–Trinajstić information content (AvgIpc) is 2.63. The van der Waals surface area contributed by atoms with Gasteiger partial charge in [0.05, 0.1) is 11.1 Å². The summed E-state index contributed by atoms with van der Waals surface area (Å²) < 4.78 is 13.6. The van der Waals surface area contributed by atoms with Gasteiger partial charge in [-0.2, -0.15) is 0 Å². The molecule has 0 aliphatic heterocycles. The Morgan fingerprint density at radius 3 is 2.56 bits per heavy atom. The highest BCUT2D eigenvalue weighted by atomic mass is 35.5. The predicted molar refractivity (Wildman–Crippen MR) is 66.8 cm³/mol. The van der Waals surface area contributed by atoms with Gasteiger partial charge in [0.2, 0.25) is 0 Å². The van der Waals surface area contributed by atoms with Gasteiger partial charge in [-0.15, -0.1) is 11.3 Å². The zero-order valence-electron chi connectivity index (χ0n) is 8.08. The summed E-state index contributed by atoms with van der Waals surface area (Å²) in [4.78, 5) is 0.753. The third-order valence-corrected chi connectivity index (χ3v) is 3.90. The first-order chi connectivity index (χ1) is 7.59. The van der Waals surface area contributed by atoms with Gasteiger partial charge < -0.3 is 5.73 Å². The molecule has 2 aromatic rings. The average molecular weight is 276 g/mol. The van der Waals surface area contributed by atoms with Crippen LogP contribution in [-0.2, 0) is 0 Å². The van der Waals surface area contributed by atoms with Crippen LogP contribution in [-0.4, -0.2) is 0 Å². The van der Waals surface area contributed by atoms with Gasteiger partial charge in [-0.3, -0.25) is 0 Å². The lowest BCUT2D eigenvalue weighted by molar-refractivity contribution is 0.601. The van der Waals surface area contributed by atoms with Crippen molar-refractivity contribution in [3.05, 3.63) is 55.9 Å². The molecular weight excluding hydrogens is 268 g/mol. The van der Waals surface area contributed by atoms with Gasteiger partial charge in [-0.1, -0.05) is 29.3 Å². The lowest BCUT2D eigenvalue weighted by Crippen LogP contribution is -2.12. The van der Waals surface area contributed by atoms with Crippen LogP contribution in [0.15, 0.2) is 29.6 Å². The molecule has 2 N–H and O–H groups in total. The highest BCUT2D eigenvalue weighted by Crippen LogP contribution is 2.32. The summed E-state index contributed by atoms with van der Waals surface area (Å²) in [6, 6.07) is 5.64. The van der Waals surface area contributed by atoms with Gasteiger partial charge in [0, 0.05) is 15.5 Å². The predicted octanol–water partition coefficient (Wildman–Crippen LogP) is 4.24. The maximum atomic E-state index is 13.6. The molecule has 0 aliphatic carbocycles. The number of rotatable bonds is 2. The van der Waals surface area contributed by atoms with Crippen molar-refractivity contribution < 1.29 is 4.39 Å². The topological polar surface area (TPSA) is 26.0 Å². The number of halogens is 3. The van der Waals surface area contributed by atoms with Crippen LogP contribution in [0.25, 0.3) is 0 Å². The lowest BCUT2D eigenvalue weighted by Gasteiger charge is -2.12. The van der Waals surface area contributed by atoms with Crippen molar-refractivity contribution in [2.24, 2.45) is 5.73 Å². The Balaban J connectivity index is 2.41. The molecule has 5 heteroatoms. The fourth-order valence-corrected chi connectivity index (χ4v) is 2.77. The van der Waals surface area contributed by atoms with Crippen molar-refractivity contribution >= 4 is 34.5 Å². The first-order valence-electron chi connectivity index (χ1n) is 4.53. The summed E-state index contributed by atoms with van der Waals surface area (Å²) in [5.41, 5.74) is 6.35. The molecule has 1 atom stereocenters. The molecule has 1 unspecified atom stereocenters. The first kappa shape index (κ1) is 11.9. The lowest BCUT2D eigenvalue weighted by atomic mass is 10.1. The van der Waals surface area contributed by atoms with Gasteiger partial charge in [-0.05, 0) is 23.6 Å². The third kappa shape index (κ3) is 2.23. The van der Waals surface area contributed by atoms with E-state index in [9.17, 15) is 4.39 Å². The van der Waals surface area contributed by atoms with E-state index < -0.39 is 11.9 Å². The maximum Gasteiger partial charge on any atom is 0.129 e. The second-order valence-corrected chi connectivity index (χ2v) is 5.07. The van der Waals surface area contributed by atoms with Gasteiger partial charge >= 0.3 is 0 Å². The van der Waals surface area contributed by atoms with Crippen molar-refractivity contribution in [3.63, 3.8) is 0 Å². The summed E-state index contributed by atoms with van der Waals surface area (Å²) in [6.45, 7) is 0. The molecule has 1 nitrogen and oxygen atoms in total. The molecule has 1 aromatic carbocycles. The second-order valence-electron chi connectivity index (χ2n) is 3.28. The molecule has 0 spiro atoms. The highest BCUT2D eigenvalue weighted by molar-refractivity contribution is 7.10. The minimum atomic E-state index is -0.551. The van der Waals surface area contributed by atoms with Crippen LogP contribution in [0, 0.1) is 5.82 Å². The van der Waals surface area contributed by atoms with E-state index in [1.54, 1.807) is 18.2 Å². The molecule has 0 fully saturated rings. The van der Waals surface area contributed by atoms with E-state index in [-0.39, 0.29) is 0 Å². The van der Waals surface area contributed by atoms with Gasteiger partial charge in [0.25, 0.3) is 0 Å². The molecule has 0 saturated carbocycles. The van der Waals surface area contributed by atoms with Crippen LogP contribution in [0.4, 0.5) is 4.39 Å². The maximum absolute atomic E-state index is 13.6. The molecule has 0 radical (unpaired) electrons. The molecule has 1 heterocycles. The van der Waals surface area contributed by atoms with E-state index in [1.807, 2.05) is 5.38 Å². The SMILES string of the molecule is NC(c1ccc(Cl)cc1F)c1sccc1Cl. The van der Waals surface area contributed by atoms with Crippen molar-refractivity contribution in [1.82, 2.24) is 0 Å². The zero-order valence-corrected chi connectivity index (χ0v) is 10.4. The van der Waals surface area contributed by atoms with E-state index in [1.165, 1.54) is 17.4 Å². The fraction of sp³-hybridized carbons (Fsp3) is 0.0909. The van der Waals surface area contributed by atoms with E-state index in [0.717, 1.165) is 4.88 Å². The van der Waals surface area contributed by atoms with Crippen LogP contribution in [0.2, 0.25) is 10.0 Å². The highest BCUT2D eigenvalue weighted by Gasteiger charge is 2.17. The second kappa shape index (κ2) is 4.72. The molecule has 2 rings (SSSR count). The number of hydrogen-bond donors (Lipinski definition) is 1. The van der Waals surface area contributed by atoms with E-state index in [0.29, 0.717) is 15.6 Å². The first-order valence-corrected chi connectivity index (χ1v) is 6.16. The molecule has 1 aromatic heterocycles. The Morgan fingerprint density at radius 2 is 2.00 bits per heavy atom. The smallest absolute Gasteiger partial charge is 0.129 e. The number of hydrogen-bond acceptors (Lipinski definition) is 2. The standard InChI is InChI=1S/C11H8Cl2FNS/c12-6-1-2-7(9(14)5-6)10(15)11-8(13)3-4-16-11/h1-5,10H,15H2. The summed E-state index contributed by atoms with van der Waals surface area (Å²) in [5.74, 6) is -0.413. The molecule has 0 amide bonds. The Kier molecular flexibility index (Phi) is 3.50. The zero-order chi connectivity index (χ0) is 11.7. The summed E-state index contributed by atoms with van der Waals surface area (Å²) in [7, 11) is 0.